The van der Waals surface area contributed by atoms with Crippen LogP contribution in [0.2, 0.25) is 0 Å². The number of alkyl halides is 3. The van der Waals surface area contributed by atoms with Crippen molar-refractivity contribution in [3.05, 3.63) is 67.0 Å². The Bertz CT molecular complexity index is 1450. The zero-order valence-corrected chi connectivity index (χ0v) is 18.3. The van der Waals surface area contributed by atoms with E-state index in [-0.39, 0.29) is 17.5 Å². The fraction of sp³-hybridized carbons (Fsp3) is 0.136. The van der Waals surface area contributed by atoms with Crippen molar-refractivity contribution in [2.75, 3.05) is 16.2 Å². The van der Waals surface area contributed by atoms with Crippen molar-refractivity contribution in [2.45, 2.75) is 12.6 Å². The SMILES string of the molecule is Nc1nccc(-c2cccnc2Oc2cccc3c(NS(=O)(=O)CCC(F)(F)F)cccc23)n1. The van der Waals surface area contributed by atoms with Gasteiger partial charge in [-0.1, -0.05) is 24.3 Å². The molecule has 4 aromatic rings. The van der Waals surface area contributed by atoms with E-state index in [0.29, 0.717) is 27.8 Å². The van der Waals surface area contributed by atoms with Crippen LogP contribution in [0.5, 0.6) is 11.6 Å². The number of sulfonamides is 1. The molecule has 0 saturated heterocycles. The van der Waals surface area contributed by atoms with Crippen LogP contribution >= 0.6 is 0 Å². The standard InChI is InChI=1S/C22H18F3N5O3S/c23-22(24,25)10-13-34(31,32)30-18-7-1-5-15-14(18)4-2-8-19(15)33-20-16(6-3-11-27-20)17-9-12-28-21(26)29-17/h1-9,11-12,30H,10,13H2,(H2,26,28,29). The van der Waals surface area contributed by atoms with E-state index in [1.807, 2.05) is 0 Å². The first kappa shape index (κ1) is 23.2. The largest absolute Gasteiger partial charge is 0.438 e. The van der Waals surface area contributed by atoms with Gasteiger partial charge in [-0.25, -0.2) is 23.4 Å². The van der Waals surface area contributed by atoms with Gasteiger partial charge in [-0.15, -0.1) is 0 Å². The van der Waals surface area contributed by atoms with Crippen LogP contribution in [0.3, 0.4) is 0 Å². The van der Waals surface area contributed by atoms with Gasteiger partial charge >= 0.3 is 6.18 Å². The molecule has 34 heavy (non-hydrogen) atoms. The van der Waals surface area contributed by atoms with Gasteiger partial charge in [0, 0.05) is 23.2 Å². The molecule has 2 heterocycles. The smallest absolute Gasteiger partial charge is 0.390 e. The fourth-order valence-electron chi connectivity index (χ4n) is 3.22. The Morgan fingerprint density at radius 2 is 1.71 bits per heavy atom. The molecule has 0 bridgehead atoms. The van der Waals surface area contributed by atoms with E-state index in [1.165, 1.54) is 18.5 Å². The molecule has 0 atom stereocenters. The van der Waals surface area contributed by atoms with Crippen LogP contribution in [0.1, 0.15) is 6.42 Å². The van der Waals surface area contributed by atoms with Crippen LogP contribution in [-0.4, -0.2) is 35.3 Å². The second-order valence-electron chi connectivity index (χ2n) is 7.20. The summed E-state index contributed by atoms with van der Waals surface area (Å²) >= 11 is 0. The first-order valence-electron chi connectivity index (χ1n) is 9.92. The first-order chi connectivity index (χ1) is 16.1. The monoisotopic (exact) mass is 489 g/mol. The van der Waals surface area contributed by atoms with Gasteiger partial charge in [-0.05, 0) is 30.3 Å². The van der Waals surface area contributed by atoms with E-state index in [1.54, 1.807) is 48.5 Å². The molecule has 0 aliphatic carbocycles. The number of rotatable bonds is 7. The summed E-state index contributed by atoms with van der Waals surface area (Å²) in [6.45, 7) is 0. The zero-order chi connectivity index (χ0) is 24.3. The van der Waals surface area contributed by atoms with Gasteiger partial charge in [0.1, 0.15) is 5.75 Å². The van der Waals surface area contributed by atoms with E-state index >= 15 is 0 Å². The van der Waals surface area contributed by atoms with Crippen molar-refractivity contribution in [3.8, 4) is 22.9 Å². The number of nitrogen functional groups attached to an aromatic ring is 1. The molecule has 3 N–H and O–H groups in total. The Hall–Kier alpha value is -3.93. The van der Waals surface area contributed by atoms with Crippen LogP contribution in [0.25, 0.3) is 22.0 Å². The summed E-state index contributed by atoms with van der Waals surface area (Å²) < 4.78 is 70.2. The van der Waals surface area contributed by atoms with Crippen LogP contribution in [0, 0.1) is 0 Å². The molecular formula is C22H18F3N5O3S. The minimum Gasteiger partial charge on any atom is -0.438 e. The summed E-state index contributed by atoms with van der Waals surface area (Å²) in [7, 11) is -4.23. The third-order valence-electron chi connectivity index (χ3n) is 4.73. The lowest BCUT2D eigenvalue weighted by Gasteiger charge is -2.15. The highest BCUT2D eigenvalue weighted by molar-refractivity contribution is 7.92. The Morgan fingerprint density at radius 3 is 2.47 bits per heavy atom. The lowest BCUT2D eigenvalue weighted by atomic mass is 10.1. The number of aromatic nitrogens is 3. The quantitative estimate of drug-likeness (QED) is 0.384. The maximum atomic E-state index is 12.5. The number of benzene rings is 2. The van der Waals surface area contributed by atoms with Crippen molar-refractivity contribution in [1.82, 2.24) is 15.0 Å². The normalized spacial score (nSPS) is 12.0. The molecular weight excluding hydrogens is 471 g/mol. The molecule has 2 aromatic carbocycles. The molecule has 8 nitrogen and oxygen atoms in total. The van der Waals surface area contributed by atoms with Crippen molar-refractivity contribution in [2.24, 2.45) is 0 Å². The predicted octanol–water partition coefficient (Wildman–Crippen LogP) is 4.76. The summed E-state index contributed by atoms with van der Waals surface area (Å²) in [5, 5.41) is 0.969. The van der Waals surface area contributed by atoms with Gasteiger partial charge in [0.25, 0.3) is 0 Å². The number of nitrogens with one attached hydrogen (secondary N) is 1. The number of pyridine rings is 1. The predicted molar refractivity (Wildman–Crippen MR) is 122 cm³/mol. The summed E-state index contributed by atoms with van der Waals surface area (Å²) in [4.78, 5) is 12.3. The number of ether oxygens (including phenoxy) is 1. The Labute approximate surface area is 192 Å². The minimum atomic E-state index is -4.58. The van der Waals surface area contributed by atoms with E-state index in [2.05, 4.69) is 19.7 Å². The molecule has 0 amide bonds. The summed E-state index contributed by atoms with van der Waals surface area (Å²) in [5.74, 6) is -0.414. The fourth-order valence-corrected chi connectivity index (χ4v) is 4.34. The lowest BCUT2D eigenvalue weighted by molar-refractivity contribution is -0.129. The molecule has 0 saturated carbocycles. The lowest BCUT2D eigenvalue weighted by Crippen LogP contribution is -2.21. The van der Waals surface area contributed by atoms with Gasteiger partial charge in [-0.2, -0.15) is 13.2 Å². The van der Waals surface area contributed by atoms with Crippen LogP contribution in [-0.2, 0) is 10.0 Å². The van der Waals surface area contributed by atoms with Gasteiger partial charge in [0.05, 0.1) is 29.1 Å². The van der Waals surface area contributed by atoms with Crippen molar-refractivity contribution < 1.29 is 26.3 Å². The molecule has 0 aliphatic rings. The first-order valence-corrected chi connectivity index (χ1v) is 11.6. The highest BCUT2D eigenvalue weighted by Gasteiger charge is 2.30. The average Bonchev–Trinajstić information content (AvgIpc) is 2.78. The summed E-state index contributed by atoms with van der Waals surface area (Å²) in [5.41, 5.74) is 6.87. The molecule has 0 fully saturated rings. The average molecular weight is 489 g/mol. The molecule has 0 spiro atoms. The van der Waals surface area contributed by atoms with Crippen LogP contribution < -0.4 is 15.2 Å². The van der Waals surface area contributed by atoms with E-state index in [0.717, 1.165) is 0 Å². The molecule has 12 heteroatoms. The number of hydrogen-bond donors (Lipinski definition) is 2. The van der Waals surface area contributed by atoms with E-state index in [9.17, 15) is 21.6 Å². The topological polar surface area (TPSA) is 120 Å². The van der Waals surface area contributed by atoms with Gasteiger partial charge in [-0.3, -0.25) is 4.72 Å². The van der Waals surface area contributed by atoms with Crippen LogP contribution in [0.15, 0.2) is 67.0 Å². The molecule has 4 rings (SSSR count). The highest BCUT2D eigenvalue weighted by Crippen LogP contribution is 2.36. The number of halogens is 3. The number of anilines is 2. The third-order valence-corrected chi connectivity index (χ3v) is 6.00. The Kier molecular flexibility index (Phi) is 6.24. The van der Waals surface area contributed by atoms with Crippen molar-refractivity contribution >= 4 is 32.4 Å². The van der Waals surface area contributed by atoms with E-state index in [4.69, 9.17) is 10.5 Å². The second-order valence-corrected chi connectivity index (χ2v) is 9.04. The number of nitrogens with two attached hydrogens (primary N) is 1. The van der Waals surface area contributed by atoms with Crippen LogP contribution in [0.4, 0.5) is 24.8 Å². The molecule has 2 aromatic heterocycles. The zero-order valence-electron chi connectivity index (χ0n) is 17.5. The third kappa shape index (κ3) is 5.52. The number of fused-ring (bicyclic) bond motifs is 1. The van der Waals surface area contributed by atoms with Gasteiger partial charge in [0.2, 0.25) is 21.9 Å². The molecule has 176 valence electrons. The second kappa shape index (κ2) is 9.14. The number of nitrogens with zero attached hydrogens (tertiary/aromatic N) is 3. The maximum absolute atomic E-state index is 12.5. The van der Waals surface area contributed by atoms with Crippen molar-refractivity contribution in [1.29, 1.82) is 0 Å². The molecule has 0 radical (unpaired) electrons. The summed E-state index contributed by atoms with van der Waals surface area (Å²) in [6, 6.07) is 14.8. The van der Waals surface area contributed by atoms with Crippen molar-refractivity contribution in [3.63, 3.8) is 0 Å². The van der Waals surface area contributed by atoms with Gasteiger partial charge < -0.3 is 10.5 Å². The maximum Gasteiger partial charge on any atom is 0.390 e. The Morgan fingerprint density at radius 1 is 0.941 bits per heavy atom. The highest BCUT2D eigenvalue weighted by atomic mass is 32.2. The number of hydrogen-bond acceptors (Lipinski definition) is 7. The Balaban J connectivity index is 1.68. The molecule has 0 unspecified atom stereocenters. The van der Waals surface area contributed by atoms with E-state index < -0.39 is 28.4 Å². The van der Waals surface area contributed by atoms with Gasteiger partial charge in [0.15, 0.2) is 0 Å². The minimum absolute atomic E-state index is 0.0833. The summed E-state index contributed by atoms with van der Waals surface area (Å²) in [6.07, 6.45) is -2.99. The molecule has 0 aliphatic heterocycles.